The van der Waals surface area contributed by atoms with Crippen LogP contribution in [0.15, 0.2) is 97.2 Å². The molecule has 0 rings (SSSR count). The van der Waals surface area contributed by atoms with E-state index in [4.69, 9.17) is 14.2 Å². The van der Waals surface area contributed by atoms with Gasteiger partial charge >= 0.3 is 11.9 Å². The first-order valence-corrected chi connectivity index (χ1v) is 26.8. The van der Waals surface area contributed by atoms with Crippen LogP contribution in [0.5, 0.6) is 0 Å². The fourth-order valence-corrected chi connectivity index (χ4v) is 7.20. The Hall–Kier alpha value is -3.18. The summed E-state index contributed by atoms with van der Waals surface area (Å²) < 4.78 is 17.4. The van der Waals surface area contributed by atoms with Crippen LogP contribution in [0.4, 0.5) is 0 Å². The number of hydrogen-bond acceptors (Lipinski definition) is 5. The minimum absolute atomic E-state index is 0.0532. The molecule has 64 heavy (non-hydrogen) atoms. The predicted octanol–water partition coefficient (Wildman–Crippen LogP) is 18.2. The lowest BCUT2D eigenvalue weighted by Crippen LogP contribution is -2.30. The summed E-state index contributed by atoms with van der Waals surface area (Å²) in [5.41, 5.74) is 0. The Bertz CT molecular complexity index is 1230. The summed E-state index contributed by atoms with van der Waals surface area (Å²) in [4.78, 5) is 25.4. The molecule has 1 unspecified atom stereocenters. The molecule has 0 radical (unpaired) electrons. The Morgan fingerprint density at radius 3 is 1.16 bits per heavy atom. The topological polar surface area (TPSA) is 61.8 Å². The van der Waals surface area contributed by atoms with Gasteiger partial charge < -0.3 is 14.2 Å². The Balaban J connectivity index is 4.37. The van der Waals surface area contributed by atoms with Crippen molar-refractivity contribution < 1.29 is 23.8 Å². The first kappa shape index (κ1) is 60.8. The zero-order chi connectivity index (χ0) is 46.3. The number of carbonyl (C=O) groups is 2. The average molecular weight is 889 g/mol. The minimum atomic E-state index is -0.566. The lowest BCUT2D eigenvalue weighted by molar-refractivity contribution is -0.163. The molecule has 0 aromatic heterocycles. The first-order chi connectivity index (χ1) is 31.6. The third-order valence-corrected chi connectivity index (χ3v) is 11.1. The van der Waals surface area contributed by atoms with Crippen molar-refractivity contribution in [2.24, 2.45) is 0 Å². The van der Waals surface area contributed by atoms with Crippen molar-refractivity contribution in [3.8, 4) is 0 Å². The number of ether oxygens (including phenoxy) is 3. The average Bonchev–Trinajstić information content (AvgIpc) is 3.30. The van der Waals surface area contributed by atoms with Gasteiger partial charge in [-0.25, -0.2) is 0 Å². The number of allylic oxidation sites excluding steroid dienone is 16. The van der Waals surface area contributed by atoms with Crippen LogP contribution in [0.1, 0.15) is 239 Å². The van der Waals surface area contributed by atoms with E-state index in [0.29, 0.717) is 19.4 Å². The van der Waals surface area contributed by atoms with Gasteiger partial charge in [0.1, 0.15) is 6.61 Å². The van der Waals surface area contributed by atoms with E-state index in [1.165, 1.54) is 103 Å². The molecule has 5 nitrogen and oxygen atoms in total. The molecule has 0 aliphatic carbocycles. The highest BCUT2D eigenvalue weighted by Crippen LogP contribution is 2.15. The molecule has 0 saturated heterocycles. The van der Waals surface area contributed by atoms with E-state index in [1.54, 1.807) is 0 Å². The van der Waals surface area contributed by atoms with Gasteiger partial charge in [0.25, 0.3) is 0 Å². The van der Waals surface area contributed by atoms with Gasteiger partial charge in [0.05, 0.1) is 6.61 Å². The lowest BCUT2D eigenvalue weighted by atomic mass is 10.0. The van der Waals surface area contributed by atoms with Crippen molar-refractivity contribution in [1.29, 1.82) is 0 Å². The van der Waals surface area contributed by atoms with E-state index >= 15 is 0 Å². The van der Waals surface area contributed by atoms with Crippen LogP contribution in [-0.2, 0) is 23.8 Å². The van der Waals surface area contributed by atoms with E-state index in [-0.39, 0.29) is 25.2 Å². The van der Waals surface area contributed by atoms with E-state index in [9.17, 15) is 9.59 Å². The summed E-state index contributed by atoms with van der Waals surface area (Å²) in [6.45, 7) is 7.53. The molecule has 1 atom stereocenters. The molecular weight excluding hydrogens is 789 g/mol. The summed E-state index contributed by atoms with van der Waals surface area (Å²) in [5, 5.41) is 0. The number of rotatable bonds is 48. The smallest absolute Gasteiger partial charge is 0.306 e. The van der Waals surface area contributed by atoms with Crippen molar-refractivity contribution >= 4 is 11.9 Å². The van der Waals surface area contributed by atoms with Crippen molar-refractivity contribution in [2.75, 3.05) is 19.8 Å². The molecular formula is C59H100O5. The minimum Gasteiger partial charge on any atom is -0.462 e. The fourth-order valence-electron chi connectivity index (χ4n) is 7.20. The maximum atomic E-state index is 12.8. The molecule has 0 aromatic carbocycles. The van der Waals surface area contributed by atoms with Gasteiger partial charge in [-0.2, -0.15) is 0 Å². The van der Waals surface area contributed by atoms with Crippen LogP contribution in [0.2, 0.25) is 0 Å². The van der Waals surface area contributed by atoms with Crippen LogP contribution in [0.25, 0.3) is 0 Å². The van der Waals surface area contributed by atoms with Crippen LogP contribution in [-0.4, -0.2) is 37.9 Å². The van der Waals surface area contributed by atoms with Gasteiger partial charge in [0.2, 0.25) is 0 Å². The molecule has 0 aliphatic rings. The molecule has 0 aromatic rings. The van der Waals surface area contributed by atoms with Crippen LogP contribution in [0.3, 0.4) is 0 Å². The predicted molar refractivity (Wildman–Crippen MR) is 279 cm³/mol. The van der Waals surface area contributed by atoms with E-state index < -0.39 is 6.10 Å². The third-order valence-electron chi connectivity index (χ3n) is 11.1. The number of unbranched alkanes of at least 4 members (excludes halogenated alkanes) is 21. The zero-order valence-corrected chi connectivity index (χ0v) is 42.0. The largest absolute Gasteiger partial charge is 0.462 e. The van der Waals surface area contributed by atoms with Crippen molar-refractivity contribution in [1.82, 2.24) is 0 Å². The zero-order valence-electron chi connectivity index (χ0n) is 42.0. The van der Waals surface area contributed by atoms with E-state index in [1.807, 2.05) is 0 Å². The Kier molecular flexibility index (Phi) is 51.5. The second-order valence-electron chi connectivity index (χ2n) is 17.4. The first-order valence-electron chi connectivity index (χ1n) is 26.8. The summed E-state index contributed by atoms with van der Waals surface area (Å²) in [7, 11) is 0. The Morgan fingerprint density at radius 1 is 0.359 bits per heavy atom. The van der Waals surface area contributed by atoms with Crippen LogP contribution in [0, 0.1) is 0 Å². The number of esters is 2. The highest BCUT2D eigenvalue weighted by molar-refractivity contribution is 5.70. The Labute approximate surface area is 396 Å². The molecule has 0 spiro atoms. The highest BCUT2D eigenvalue weighted by atomic mass is 16.6. The normalized spacial score (nSPS) is 13.0. The summed E-state index contributed by atoms with van der Waals surface area (Å²) >= 11 is 0. The lowest BCUT2D eigenvalue weighted by Gasteiger charge is -2.18. The second-order valence-corrected chi connectivity index (χ2v) is 17.4. The van der Waals surface area contributed by atoms with E-state index in [2.05, 4.69) is 118 Å². The third kappa shape index (κ3) is 51.5. The molecule has 5 heteroatoms. The molecule has 0 N–H and O–H groups in total. The summed E-state index contributed by atoms with van der Waals surface area (Å²) in [6.07, 6.45) is 72.8. The maximum Gasteiger partial charge on any atom is 0.306 e. The standard InChI is InChI=1S/C59H100O5/c1-4-7-10-13-16-19-22-25-28-29-30-33-36-39-42-45-48-51-54-62-55-57(64-59(61)53-50-47-44-41-38-35-32-27-24-21-18-15-12-9-6-3)56-63-58(60)52-49-46-43-40-37-34-31-26-23-20-17-14-11-8-5-2/h7-8,10-11,16-17,19-20,25-26,28,30-31,33,37,40,57H,4-6,9,12-15,18,21-24,27,29,32,34-36,38-39,41-56H2,1-3H3/b10-7-,11-8-,19-16-,20-17-,28-25-,31-26-,33-30-,40-37-. The van der Waals surface area contributed by atoms with Crippen LogP contribution < -0.4 is 0 Å². The molecule has 0 aliphatic heterocycles. The SMILES string of the molecule is CC/C=C\C/C=C\C/C=C\C/C=C\CCCCCCCOCC(COC(=O)CCCC/C=C\C/C=C\C/C=C\C/C=C\CC)OC(=O)CCCCCCCCCCCCCCCCC. The van der Waals surface area contributed by atoms with Gasteiger partial charge in [-0.3, -0.25) is 9.59 Å². The molecule has 366 valence electrons. The van der Waals surface area contributed by atoms with Crippen molar-refractivity contribution in [3.63, 3.8) is 0 Å². The van der Waals surface area contributed by atoms with Crippen molar-refractivity contribution in [3.05, 3.63) is 97.2 Å². The summed E-state index contributed by atoms with van der Waals surface area (Å²) in [5.74, 6) is -0.454. The van der Waals surface area contributed by atoms with Gasteiger partial charge in [0, 0.05) is 19.4 Å². The molecule has 0 saturated carbocycles. The summed E-state index contributed by atoms with van der Waals surface area (Å²) in [6, 6.07) is 0. The molecule has 0 amide bonds. The fraction of sp³-hybridized carbons (Fsp3) is 0.695. The van der Waals surface area contributed by atoms with Gasteiger partial charge in [0.15, 0.2) is 6.10 Å². The molecule has 0 bridgehead atoms. The highest BCUT2D eigenvalue weighted by Gasteiger charge is 2.17. The van der Waals surface area contributed by atoms with Crippen LogP contribution >= 0.6 is 0 Å². The number of carbonyl (C=O) groups excluding carboxylic acids is 2. The van der Waals surface area contributed by atoms with E-state index in [0.717, 1.165) is 103 Å². The van der Waals surface area contributed by atoms with Gasteiger partial charge in [-0.15, -0.1) is 0 Å². The monoisotopic (exact) mass is 889 g/mol. The van der Waals surface area contributed by atoms with Crippen molar-refractivity contribution in [2.45, 2.75) is 245 Å². The van der Waals surface area contributed by atoms with Gasteiger partial charge in [-0.1, -0.05) is 227 Å². The van der Waals surface area contributed by atoms with Gasteiger partial charge in [-0.05, 0) is 96.3 Å². The molecule has 0 fully saturated rings. The second kappa shape index (κ2) is 54.2. The quantitative estimate of drug-likeness (QED) is 0.0346. The maximum absolute atomic E-state index is 12.8. The molecule has 0 heterocycles. The Morgan fingerprint density at radius 2 is 0.703 bits per heavy atom. The number of hydrogen-bond donors (Lipinski definition) is 0.